The van der Waals surface area contributed by atoms with Crippen molar-refractivity contribution < 1.29 is 31.2 Å². The molecule has 2 aliphatic rings. The van der Waals surface area contributed by atoms with Gasteiger partial charge in [0.15, 0.2) is 0 Å². The van der Waals surface area contributed by atoms with Gasteiger partial charge >= 0.3 is 10.2 Å². The molecule has 1 saturated heterocycles. The number of ether oxygens (including phenoxy) is 1. The van der Waals surface area contributed by atoms with Crippen molar-refractivity contribution in [1.29, 1.82) is 0 Å². The van der Waals surface area contributed by atoms with Crippen LogP contribution in [-0.2, 0) is 31.6 Å². The molecule has 218 valence electrons. The van der Waals surface area contributed by atoms with Gasteiger partial charge in [-0.25, -0.2) is 13.1 Å². The molecule has 2 aliphatic heterocycles. The summed E-state index contributed by atoms with van der Waals surface area (Å²) < 4.78 is 60.1. The van der Waals surface area contributed by atoms with Crippen LogP contribution in [0.5, 0.6) is 5.75 Å². The molecule has 5 rings (SSSR count). The van der Waals surface area contributed by atoms with E-state index in [1.165, 1.54) is 18.4 Å². The summed E-state index contributed by atoms with van der Waals surface area (Å²) in [5, 5.41) is 0.809. The highest BCUT2D eigenvalue weighted by atomic mass is 32.2. The molecule has 0 radical (unpaired) electrons. The first-order chi connectivity index (χ1) is 19.3. The molecule has 12 nitrogen and oxygen atoms in total. The topological polar surface area (TPSA) is 138 Å². The standard InChI is InChI=1S/C27H31N5O7S2/c1-29(2)41(37,38)28-26(33)19-6-5-18-15-25-23-8-7-22(39-3)14-20(23)13-21(17-32(25)24(18)16-19)27(34)30-9-11-31(12-10-30)40(4,35)36/h5-8,13-16H,9-12,17H2,1-4H3,(H,28,33). The number of nitrogens with one attached hydrogen (secondary N) is 1. The molecule has 2 aromatic carbocycles. The molecular formula is C27H31N5O7S2. The van der Waals surface area contributed by atoms with E-state index in [-0.39, 0.29) is 44.2 Å². The Morgan fingerprint density at radius 3 is 2.29 bits per heavy atom. The minimum atomic E-state index is -3.99. The predicted octanol–water partition coefficient (Wildman–Crippen LogP) is 1.35. The van der Waals surface area contributed by atoms with Crippen LogP contribution in [0.1, 0.15) is 15.9 Å². The van der Waals surface area contributed by atoms with Crippen LogP contribution in [0, 0.1) is 0 Å². The number of carbonyl (C=O) groups excluding carboxylic acids is 2. The first-order valence-electron chi connectivity index (χ1n) is 12.8. The van der Waals surface area contributed by atoms with E-state index < -0.39 is 26.1 Å². The van der Waals surface area contributed by atoms with Gasteiger partial charge < -0.3 is 14.2 Å². The van der Waals surface area contributed by atoms with E-state index in [9.17, 15) is 26.4 Å². The van der Waals surface area contributed by atoms with E-state index in [1.807, 2.05) is 34.9 Å². The Labute approximate surface area is 239 Å². The van der Waals surface area contributed by atoms with Gasteiger partial charge in [-0.15, -0.1) is 0 Å². The van der Waals surface area contributed by atoms with Crippen molar-refractivity contribution in [2.45, 2.75) is 6.54 Å². The normalized spacial score (nSPS) is 16.1. The van der Waals surface area contributed by atoms with Crippen molar-refractivity contribution >= 4 is 49.0 Å². The SMILES string of the molecule is COc1ccc2c(c1)C=C(C(=O)N1CCN(S(C)(=O)=O)CC1)Cn1c-2cc2ccc(C(=O)NS(=O)(=O)N(C)C)cc21. The van der Waals surface area contributed by atoms with Gasteiger partial charge in [-0.3, -0.25) is 9.59 Å². The van der Waals surface area contributed by atoms with Crippen LogP contribution in [0.15, 0.2) is 48.0 Å². The average molecular weight is 602 g/mol. The fourth-order valence-corrected chi connectivity index (χ4v) is 6.40. The molecule has 3 aromatic rings. The molecule has 0 aliphatic carbocycles. The first kappa shape index (κ1) is 28.8. The third-order valence-electron chi connectivity index (χ3n) is 7.33. The van der Waals surface area contributed by atoms with Crippen LogP contribution in [-0.4, -0.2) is 100 Å². The molecule has 0 bridgehead atoms. The zero-order valence-corrected chi connectivity index (χ0v) is 24.8. The van der Waals surface area contributed by atoms with Crippen LogP contribution in [0.25, 0.3) is 28.2 Å². The van der Waals surface area contributed by atoms with Gasteiger partial charge in [-0.05, 0) is 48.0 Å². The largest absolute Gasteiger partial charge is 0.497 e. The lowest BCUT2D eigenvalue weighted by Gasteiger charge is -2.33. The van der Waals surface area contributed by atoms with Crippen molar-refractivity contribution in [2.24, 2.45) is 0 Å². The lowest BCUT2D eigenvalue weighted by Crippen LogP contribution is -2.50. The molecule has 0 atom stereocenters. The first-order valence-corrected chi connectivity index (χ1v) is 16.1. The summed E-state index contributed by atoms with van der Waals surface area (Å²) >= 11 is 0. The van der Waals surface area contributed by atoms with Gasteiger partial charge in [-0.1, -0.05) is 6.07 Å². The van der Waals surface area contributed by atoms with Gasteiger partial charge in [0.2, 0.25) is 10.0 Å². The summed E-state index contributed by atoms with van der Waals surface area (Å²) in [5.74, 6) is -0.364. The molecule has 41 heavy (non-hydrogen) atoms. The van der Waals surface area contributed by atoms with E-state index >= 15 is 0 Å². The summed E-state index contributed by atoms with van der Waals surface area (Å²) in [5.41, 5.74) is 3.73. The summed E-state index contributed by atoms with van der Waals surface area (Å²) in [4.78, 5) is 28.3. The summed E-state index contributed by atoms with van der Waals surface area (Å²) in [7, 11) is -3.12. The van der Waals surface area contributed by atoms with Crippen LogP contribution in [0.3, 0.4) is 0 Å². The lowest BCUT2D eigenvalue weighted by molar-refractivity contribution is -0.128. The van der Waals surface area contributed by atoms with E-state index in [2.05, 4.69) is 4.72 Å². The van der Waals surface area contributed by atoms with Crippen molar-refractivity contribution in [3.05, 3.63) is 59.2 Å². The number of carbonyl (C=O) groups is 2. The molecule has 1 aromatic heterocycles. The number of amides is 2. The maximum atomic E-state index is 13.8. The third-order valence-corrected chi connectivity index (χ3v) is 10.0. The Morgan fingerprint density at radius 2 is 1.66 bits per heavy atom. The number of methoxy groups -OCH3 is 1. The number of hydrogen-bond donors (Lipinski definition) is 1. The number of fused-ring (bicyclic) bond motifs is 5. The van der Waals surface area contributed by atoms with E-state index in [0.29, 0.717) is 16.8 Å². The molecule has 0 spiro atoms. The second-order valence-corrected chi connectivity index (χ2v) is 14.1. The second kappa shape index (κ2) is 10.6. The Kier molecular flexibility index (Phi) is 7.44. The molecule has 3 heterocycles. The molecule has 1 N–H and O–H groups in total. The van der Waals surface area contributed by atoms with E-state index in [0.717, 1.165) is 32.8 Å². The number of sulfonamides is 1. The van der Waals surface area contributed by atoms with Gasteiger partial charge in [0.1, 0.15) is 5.75 Å². The number of aromatic nitrogens is 1. The molecule has 0 unspecified atom stereocenters. The minimum absolute atomic E-state index is 0.150. The van der Waals surface area contributed by atoms with Crippen LogP contribution >= 0.6 is 0 Å². The number of benzene rings is 2. The van der Waals surface area contributed by atoms with Crippen molar-refractivity contribution in [3.8, 4) is 17.0 Å². The minimum Gasteiger partial charge on any atom is -0.497 e. The van der Waals surface area contributed by atoms with Gasteiger partial charge in [0, 0.05) is 67.9 Å². The zero-order chi connectivity index (χ0) is 29.7. The predicted molar refractivity (Wildman–Crippen MR) is 155 cm³/mol. The van der Waals surface area contributed by atoms with Crippen LogP contribution < -0.4 is 9.46 Å². The van der Waals surface area contributed by atoms with Crippen LogP contribution in [0.4, 0.5) is 0 Å². The molecule has 0 saturated carbocycles. The molecule has 14 heteroatoms. The number of hydrogen-bond acceptors (Lipinski definition) is 7. The Bertz CT molecular complexity index is 1800. The van der Waals surface area contributed by atoms with Gasteiger partial charge in [0.25, 0.3) is 11.8 Å². The van der Waals surface area contributed by atoms with Crippen molar-refractivity contribution in [1.82, 2.24) is 22.8 Å². The second-order valence-electron chi connectivity index (χ2n) is 10.2. The lowest BCUT2D eigenvalue weighted by atomic mass is 10.0. The Hall–Kier alpha value is -3.72. The summed E-state index contributed by atoms with van der Waals surface area (Å²) in [6.07, 6.45) is 2.98. The molecule has 2 amide bonds. The summed E-state index contributed by atoms with van der Waals surface area (Å²) in [6, 6.07) is 12.5. The Balaban J connectivity index is 1.56. The highest BCUT2D eigenvalue weighted by Crippen LogP contribution is 2.37. The Morgan fingerprint density at radius 1 is 0.951 bits per heavy atom. The van der Waals surface area contributed by atoms with Crippen molar-refractivity contribution in [2.75, 3.05) is 53.6 Å². The quantitative estimate of drug-likeness (QED) is 0.450. The fourth-order valence-electron chi connectivity index (χ4n) is 5.04. The highest BCUT2D eigenvalue weighted by molar-refractivity contribution is 7.88. The number of nitrogens with zero attached hydrogens (tertiary/aromatic N) is 4. The van der Waals surface area contributed by atoms with E-state index in [4.69, 9.17) is 4.74 Å². The summed E-state index contributed by atoms with van der Waals surface area (Å²) in [6.45, 7) is 1.14. The average Bonchev–Trinajstić information content (AvgIpc) is 3.20. The van der Waals surface area contributed by atoms with Gasteiger partial charge in [0.05, 0.1) is 25.6 Å². The molecule has 1 fully saturated rings. The van der Waals surface area contributed by atoms with Crippen LogP contribution in [0.2, 0.25) is 0 Å². The monoisotopic (exact) mass is 601 g/mol. The maximum Gasteiger partial charge on any atom is 0.303 e. The smallest absolute Gasteiger partial charge is 0.303 e. The molecular weight excluding hydrogens is 570 g/mol. The number of rotatable bonds is 6. The number of piperazine rings is 1. The zero-order valence-electron chi connectivity index (χ0n) is 23.1. The third kappa shape index (κ3) is 5.60. The van der Waals surface area contributed by atoms with E-state index in [1.54, 1.807) is 30.2 Å². The fraction of sp³-hybridized carbons (Fsp3) is 0.333. The van der Waals surface area contributed by atoms with Crippen molar-refractivity contribution in [3.63, 3.8) is 0 Å². The highest BCUT2D eigenvalue weighted by Gasteiger charge is 2.30. The van der Waals surface area contributed by atoms with Gasteiger partial charge in [-0.2, -0.15) is 17.0 Å². The maximum absolute atomic E-state index is 13.8.